The largest absolute Gasteiger partial charge is 0.369 e. The van der Waals surface area contributed by atoms with Crippen molar-refractivity contribution in [1.82, 2.24) is 15.0 Å². The summed E-state index contributed by atoms with van der Waals surface area (Å²) in [5.74, 6) is 0.606. The third-order valence-electron chi connectivity index (χ3n) is 2.97. The number of nitrogens with one attached hydrogen (secondary N) is 2. The number of anilines is 1. The van der Waals surface area contributed by atoms with Crippen LogP contribution in [0.3, 0.4) is 0 Å². The van der Waals surface area contributed by atoms with Crippen LogP contribution in [-0.4, -0.2) is 21.5 Å². The average molecular weight is 256 g/mol. The lowest BCUT2D eigenvalue weighted by molar-refractivity contribution is 0.627. The van der Waals surface area contributed by atoms with Gasteiger partial charge in [0.15, 0.2) is 0 Å². The van der Waals surface area contributed by atoms with E-state index in [9.17, 15) is 4.39 Å². The molecule has 0 amide bonds. The summed E-state index contributed by atoms with van der Waals surface area (Å²) in [5.41, 5.74) is 1.91. The van der Waals surface area contributed by atoms with E-state index in [1.165, 1.54) is 18.5 Å². The maximum Gasteiger partial charge on any atom is 0.142 e. The number of fused-ring (bicyclic) bond motifs is 1. The first-order valence-electron chi connectivity index (χ1n) is 6.09. The van der Waals surface area contributed by atoms with Crippen LogP contribution in [0.2, 0.25) is 0 Å². The van der Waals surface area contributed by atoms with E-state index in [1.54, 1.807) is 12.1 Å². The first kappa shape index (κ1) is 11.6. The van der Waals surface area contributed by atoms with Crippen LogP contribution in [-0.2, 0) is 6.42 Å². The van der Waals surface area contributed by atoms with Crippen LogP contribution in [0.4, 0.5) is 10.2 Å². The molecule has 96 valence electrons. The second-order valence-corrected chi connectivity index (χ2v) is 4.27. The van der Waals surface area contributed by atoms with Gasteiger partial charge in [-0.2, -0.15) is 0 Å². The zero-order chi connectivity index (χ0) is 13.1. The van der Waals surface area contributed by atoms with E-state index in [4.69, 9.17) is 0 Å². The molecule has 0 fully saturated rings. The Labute approximate surface area is 109 Å². The number of halogens is 1. The Hall–Kier alpha value is -2.43. The van der Waals surface area contributed by atoms with Gasteiger partial charge in [-0.05, 0) is 30.2 Å². The number of benzene rings is 1. The van der Waals surface area contributed by atoms with Gasteiger partial charge in [0.1, 0.15) is 23.6 Å². The van der Waals surface area contributed by atoms with Crippen LogP contribution in [0.5, 0.6) is 0 Å². The van der Waals surface area contributed by atoms with Gasteiger partial charge in [-0.3, -0.25) is 0 Å². The molecule has 2 heterocycles. The second kappa shape index (κ2) is 5.06. The quantitative estimate of drug-likeness (QED) is 0.754. The van der Waals surface area contributed by atoms with Crippen molar-refractivity contribution in [2.75, 3.05) is 11.9 Å². The van der Waals surface area contributed by atoms with E-state index in [2.05, 4.69) is 20.3 Å². The van der Waals surface area contributed by atoms with Crippen molar-refractivity contribution in [3.8, 4) is 0 Å². The number of hydrogen-bond acceptors (Lipinski definition) is 3. The van der Waals surface area contributed by atoms with E-state index >= 15 is 0 Å². The van der Waals surface area contributed by atoms with Gasteiger partial charge >= 0.3 is 0 Å². The van der Waals surface area contributed by atoms with Crippen molar-refractivity contribution in [2.24, 2.45) is 0 Å². The smallest absolute Gasteiger partial charge is 0.142 e. The monoisotopic (exact) mass is 256 g/mol. The molecule has 2 aromatic heterocycles. The van der Waals surface area contributed by atoms with Crippen LogP contribution in [0, 0.1) is 5.82 Å². The summed E-state index contributed by atoms with van der Waals surface area (Å²) in [6.07, 6.45) is 4.18. The second-order valence-electron chi connectivity index (χ2n) is 4.27. The minimum Gasteiger partial charge on any atom is -0.369 e. The van der Waals surface area contributed by atoms with Crippen LogP contribution in [0.1, 0.15) is 5.56 Å². The summed E-state index contributed by atoms with van der Waals surface area (Å²) in [7, 11) is 0. The Bertz CT molecular complexity index is 675. The summed E-state index contributed by atoms with van der Waals surface area (Å²) >= 11 is 0. The zero-order valence-corrected chi connectivity index (χ0v) is 10.2. The standard InChI is InChI=1S/C14H13FN4/c15-11-3-1-10(2-4-11)5-7-16-13-12-6-8-17-14(12)19-9-18-13/h1-4,6,8-9H,5,7H2,(H2,16,17,18,19). The average Bonchev–Trinajstić information content (AvgIpc) is 2.90. The molecule has 2 N–H and O–H groups in total. The molecule has 19 heavy (non-hydrogen) atoms. The molecule has 0 spiro atoms. The molecule has 0 aliphatic rings. The molecule has 0 bridgehead atoms. The highest BCUT2D eigenvalue weighted by Crippen LogP contribution is 2.17. The molecule has 0 aliphatic heterocycles. The van der Waals surface area contributed by atoms with Crippen molar-refractivity contribution < 1.29 is 4.39 Å². The summed E-state index contributed by atoms with van der Waals surface area (Å²) in [6, 6.07) is 8.48. The van der Waals surface area contributed by atoms with Crippen molar-refractivity contribution in [3.05, 3.63) is 54.2 Å². The molecule has 0 saturated carbocycles. The van der Waals surface area contributed by atoms with Gasteiger partial charge in [0.05, 0.1) is 5.39 Å². The Morgan fingerprint density at radius 2 is 1.95 bits per heavy atom. The topological polar surface area (TPSA) is 53.6 Å². The third kappa shape index (κ3) is 2.54. The number of nitrogens with zero attached hydrogens (tertiary/aromatic N) is 2. The van der Waals surface area contributed by atoms with Gasteiger partial charge in [0, 0.05) is 12.7 Å². The highest BCUT2D eigenvalue weighted by molar-refractivity contribution is 5.86. The maximum atomic E-state index is 12.8. The highest BCUT2D eigenvalue weighted by Gasteiger charge is 2.03. The lowest BCUT2D eigenvalue weighted by Gasteiger charge is -2.06. The molecule has 3 aromatic rings. The number of hydrogen-bond donors (Lipinski definition) is 2. The van der Waals surface area contributed by atoms with E-state index in [0.717, 1.165) is 35.4 Å². The molecule has 0 atom stereocenters. The Morgan fingerprint density at radius 1 is 1.11 bits per heavy atom. The van der Waals surface area contributed by atoms with Crippen LogP contribution in [0.15, 0.2) is 42.9 Å². The first-order valence-corrected chi connectivity index (χ1v) is 6.09. The van der Waals surface area contributed by atoms with Gasteiger partial charge < -0.3 is 10.3 Å². The van der Waals surface area contributed by atoms with Gasteiger partial charge in [-0.25, -0.2) is 14.4 Å². The van der Waals surface area contributed by atoms with Gasteiger partial charge in [0.25, 0.3) is 0 Å². The molecular formula is C14H13FN4. The van der Waals surface area contributed by atoms with Crippen LogP contribution >= 0.6 is 0 Å². The van der Waals surface area contributed by atoms with E-state index in [1.807, 2.05) is 12.3 Å². The number of rotatable bonds is 4. The molecule has 4 nitrogen and oxygen atoms in total. The van der Waals surface area contributed by atoms with Gasteiger partial charge in [-0.15, -0.1) is 0 Å². The first-order chi connectivity index (χ1) is 9.33. The Morgan fingerprint density at radius 3 is 2.79 bits per heavy atom. The SMILES string of the molecule is Fc1ccc(CCNc2ncnc3[nH]ccc23)cc1. The summed E-state index contributed by atoms with van der Waals surface area (Å²) < 4.78 is 12.8. The van der Waals surface area contributed by atoms with E-state index in [-0.39, 0.29) is 5.82 Å². The zero-order valence-electron chi connectivity index (χ0n) is 10.2. The molecule has 0 saturated heterocycles. The lowest BCUT2D eigenvalue weighted by Crippen LogP contribution is -2.06. The molecule has 0 radical (unpaired) electrons. The third-order valence-corrected chi connectivity index (χ3v) is 2.97. The van der Waals surface area contributed by atoms with Crippen LogP contribution in [0.25, 0.3) is 11.0 Å². The van der Waals surface area contributed by atoms with Gasteiger partial charge in [0.2, 0.25) is 0 Å². The molecule has 5 heteroatoms. The summed E-state index contributed by atoms with van der Waals surface area (Å²) in [5, 5.41) is 4.25. The fourth-order valence-corrected chi connectivity index (χ4v) is 1.99. The lowest BCUT2D eigenvalue weighted by atomic mass is 10.1. The normalized spacial score (nSPS) is 10.8. The number of aromatic amines is 1. The molecular weight excluding hydrogens is 243 g/mol. The highest BCUT2D eigenvalue weighted by atomic mass is 19.1. The summed E-state index contributed by atoms with van der Waals surface area (Å²) in [6.45, 7) is 0.739. The van der Waals surface area contributed by atoms with Crippen molar-refractivity contribution in [2.45, 2.75) is 6.42 Å². The Balaban J connectivity index is 1.66. The molecule has 0 unspecified atom stereocenters. The summed E-state index contributed by atoms with van der Waals surface area (Å²) in [4.78, 5) is 11.4. The fourth-order valence-electron chi connectivity index (χ4n) is 1.99. The molecule has 0 aliphatic carbocycles. The van der Waals surface area contributed by atoms with Crippen molar-refractivity contribution in [3.63, 3.8) is 0 Å². The Kier molecular flexibility index (Phi) is 3.10. The predicted molar refractivity (Wildman–Crippen MR) is 72.5 cm³/mol. The van der Waals surface area contributed by atoms with Crippen LogP contribution < -0.4 is 5.32 Å². The minimum absolute atomic E-state index is 0.207. The van der Waals surface area contributed by atoms with E-state index < -0.39 is 0 Å². The molecule has 3 rings (SSSR count). The minimum atomic E-state index is -0.207. The molecule has 1 aromatic carbocycles. The van der Waals surface area contributed by atoms with Crippen molar-refractivity contribution >= 4 is 16.9 Å². The number of H-pyrrole nitrogens is 1. The number of aromatic nitrogens is 3. The predicted octanol–water partition coefficient (Wildman–Crippen LogP) is 2.75. The fraction of sp³-hybridized carbons (Fsp3) is 0.143. The van der Waals surface area contributed by atoms with E-state index in [0.29, 0.717) is 0 Å². The van der Waals surface area contributed by atoms with Gasteiger partial charge in [-0.1, -0.05) is 12.1 Å². The maximum absolute atomic E-state index is 12.8. The van der Waals surface area contributed by atoms with Crippen molar-refractivity contribution in [1.29, 1.82) is 0 Å².